The van der Waals surface area contributed by atoms with Gasteiger partial charge in [-0.3, -0.25) is 4.79 Å². The van der Waals surface area contributed by atoms with Crippen LogP contribution in [-0.2, 0) is 16.0 Å². The van der Waals surface area contributed by atoms with Crippen LogP contribution in [-0.4, -0.2) is 48.2 Å². The van der Waals surface area contributed by atoms with E-state index in [-0.39, 0.29) is 16.9 Å². The fraction of sp³-hybridized carbons (Fsp3) is 0.667. The van der Waals surface area contributed by atoms with Crippen molar-refractivity contribution in [1.82, 2.24) is 10.6 Å². The molecular weight excluding hydrogens is 446 g/mol. The highest BCUT2D eigenvalue weighted by Crippen LogP contribution is 2.23. The molecule has 0 aliphatic rings. The lowest BCUT2D eigenvalue weighted by atomic mass is 9.92. The number of hydrogen-bond acceptors (Lipinski definition) is 7. The number of amides is 1. The van der Waals surface area contributed by atoms with Gasteiger partial charge in [0.2, 0.25) is 0 Å². The monoisotopic (exact) mass is 491 g/mol. The maximum Gasteiger partial charge on any atom is 0.408 e. The van der Waals surface area contributed by atoms with Crippen LogP contribution in [0.2, 0.25) is 0 Å². The second-order valence-electron chi connectivity index (χ2n) is 10.7. The minimum atomic E-state index is -0.860. The van der Waals surface area contributed by atoms with Gasteiger partial charge < -0.3 is 25.8 Å². The third-order valence-corrected chi connectivity index (χ3v) is 5.00. The van der Waals surface area contributed by atoms with Crippen LogP contribution < -0.4 is 16.4 Å². The molecule has 0 unspecified atom stereocenters. The Morgan fingerprint density at radius 1 is 0.971 bits per heavy atom. The largest absolute Gasteiger partial charge is 0.456 e. The summed E-state index contributed by atoms with van der Waals surface area (Å²) < 4.78 is 11.0. The molecule has 0 aliphatic carbocycles. The Morgan fingerprint density at radius 3 is 2.20 bits per heavy atom. The summed E-state index contributed by atoms with van der Waals surface area (Å²) in [6.07, 6.45) is 3.10. The van der Waals surface area contributed by atoms with Crippen LogP contribution in [0.1, 0.15) is 107 Å². The summed E-state index contributed by atoms with van der Waals surface area (Å²) in [6.45, 7) is 14.4. The molecule has 1 rings (SSSR count). The fourth-order valence-corrected chi connectivity index (χ4v) is 3.45. The fourth-order valence-electron chi connectivity index (χ4n) is 3.45. The number of nitrogens with two attached hydrogens (primary N) is 1. The van der Waals surface area contributed by atoms with Crippen molar-refractivity contribution in [1.29, 1.82) is 0 Å². The lowest BCUT2D eigenvalue weighted by molar-refractivity contribution is 0.00662. The molecule has 35 heavy (non-hydrogen) atoms. The molecule has 1 amide bonds. The number of ketones is 1. The molecule has 1 aromatic rings. The molecule has 0 aromatic heterocycles. The summed E-state index contributed by atoms with van der Waals surface area (Å²) in [5, 5.41) is 6.04. The van der Waals surface area contributed by atoms with Crippen molar-refractivity contribution in [3.8, 4) is 0 Å². The highest BCUT2D eigenvalue weighted by atomic mass is 16.6. The first-order valence-corrected chi connectivity index (χ1v) is 12.6. The van der Waals surface area contributed by atoms with Gasteiger partial charge in [0.25, 0.3) is 0 Å². The van der Waals surface area contributed by atoms with Crippen LogP contribution >= 0.6 is 0 Å². The van der Waals surface area contributed by atoms with Crippen LogP contribution in [0.25, 0.3) is 0 Å². The number of hydrogen-bond donors (Lipinski definition) is 3. The topological polar surface area (TPSA) is 120 Å². The van der Waals surface area contributed by atoms with Crippen molar-refractivity contribution in [3.63, 3.8) is 0 Å². The predicted molar refractivity (Wildman–Crippen MR) is 139 cm³/mol. The summed E-state index contributed by atoms with van der Waals surface area (Å²) >= 11 is 0. The lowest BCUT2D eigenvalue weighted by Gasteiger charge is -2.25. The Balaban J connectivity index is 3.37. The van der Waals surface area contributed by atoms with Crippen molar-refractivity contribution in [2.24, 2.45) is 5.73 Å². The van der Waals surface area contributed by atoms with E-state index in [2.05, 4.69) is 17.6 Å². The highest BCUT2D eigenvalue weighted by molar-refractivity contribution is 6.10. The Kier molecular flexibility index (Phi) is 12.4. The van der Waals surface area contributed by atoms with Crippen molar-refractivity contribution in [2.75, 3.05) is 13.1 Å². The quantitative estimate of drug-likeness (QED) is 0.207. The van der Waals surface area contributed by atoms with E-state index in [1.165, 1.54) is 0 Å². The first-order valence-electron chi connectivity index (χ1n) is 12.6. The second-order valence-corrected chi connectivity index (χ2v) is 10.7. The van der Waals surface area contributed by atoms with Crippen molar-refractivity contribution in [3.05, 3.63) is 34.9 Å². The van der Waals surface area contributed by atoms with E-state index in [1.54, 1.807) is 53.7 Å². The maximum absolute atomic E-state index is 13.7. The van der Waals surface area contributed by atoms with Gasteiger partial charge >= 0.3 is 12.1 Å². The number of nitrogens with one attached hydrogen (secondary N) is 2. The Bertz CT molecular complexity index is 840. The molecule has 0 fully saturated rings. The lowest BCUT2D eigenvalue weighted by Crippen LogP contribution is -2.44. The molecule has 8 nitrogen and oxygen atoms in total. The number of unbranched alkanes of at least 4 members (excludes halogenated alkanes) is 2. The second kappa shape index (κ2) is 14.2. The van der Waals surface area contributed by atoms with Gasteiger partial charge in [-0.2, -0.15) is 0 Å². The summed E-state index contributed by atoms with van der Waals surface area (Å²) in [5.41, 5.74) is 5.33. The van der Waals surface area contributed by atoms with Crippen molar-refractivity contribution in [2.45, 2.75) is 104 Å². The Hall–Kier alpha value is -2.45. The van der Waals surface area contributed by atoms with Gasteiger partial charge in [-0.1, -0.05) is 31.5 Å². The number of rotatable bonds is 13. The van der Waals surface area contributed by atoms with E-state index in [4.69, 9.17) is 15.2 Å². The minimum absolute atomic E-state index is 0.225. The number of carbonyl (C=O) groups excluding carboxylic acids is 3. The van der Waals surface area contributed by atoms with Crippen LogP contribution in [0, 0.1) is 0 Å². The molecular formula is C27H45N3O5. The summed E-state index contributed by atoms with van der Waals surface area (Å²) in [4.78, 5) is 39.5. The molecule has 1 atom stereocenters. The van der Waals surface area contributed by atoms with E-state index < -0.39 is 29.3 Å². The third-order valence-electron chi connectivity index (χ3n) is 5.00. The predicted octanol–water partition coefficient (Wildman–Crippen LogP) is 4.74. The molecule has 0 saturated heterocycles. The number of ether oxygens (including phenoxy) is 2. The zero-order chi connectivity index (χ0) is 26.6. The molecule has 8 heteroatoms. The normalized spacial score (nSPS) is 12.7. The maximum atomic E-state index is 13.7. The van der Waals surface area contributed by atoms with Gasteiger partial charge in [-0.25, -0.2) is 9.59 Å². The number of Topliss-reactive ketones (excluding diaryl/α,β-unsaturated/α-hetero) is 1. The van der Waals surface area contributed by atoms with Gasteiger partial charge in [0, 0.05) is 12.1 Å². The van der Waals surface area contributed by atoms with Gasteiger partial charge in [-0.15, -0.1) is 0 Å². The third kappa shape index (κ3) is 11.7. The molecule has 0 heterocycles. The van der Waals surface area contributed by atoms with Crippen molar-refractivity contribution < 1.29 is 23.9 Å². The molecule has 0 saturated carbocycles. The first-order chi connectivity index (χ1) is 16.3. The van der Waals surface area contributed by atoms with Crippen LogP contribution in [0.15, 0.2) is 18.2 Å². The molecule has 4 N–H and O–H groups in total. The van der Waals surface area contributed by atoms with Crippen LogP contribution in [0.4, 0.5) is 4.79 Å². The van der Waals surface area contributed by atoms with Crippen LogP contribution in [0.3, 0.4) is 0 Å². The van der Waals surface area contributed by atoms with Gasteiger partial charge in [0.05, 0.1) is 11.6 Å². The zero-order valence-electron chi connectivity index (χ0n) is 22.6. The van der Waals surface area contributed by atoms with E-state index in [9.17, 15) is 14.4 Å². The van der Waals surface area contributed by atoms with E-state index in [1.807, 2.05) is 6.07 Å². The number of alkyl carbamates (subject to hydrolysis) is 1. The van der Waals surface area contributed by atoms with E-state index in [0.717, 1.165) is 19.4 Å². The SMILES string of the molecule is CCCCNCc1cccc(C(=O)[C@H](CCCCN)NC(=O)OC(C)(C)C)c1C(=O)OC(C)(C)C. The zero-order valence-corrected chi connectivity index (χ0v) is 22.6. The minimum Gasteiger partial charge on any atom is -0.456 e. The average molecular weight is 492 g/mol. The Morgan fingerprint density at radius 2 is 1.63 bits per heavy atom. The van der Waals surface area contributed by atoms with E-state index >= 15 is 0 Å². The van der Waals surface area contributed by atoms with Crippen molar-refractivity contribution >= 4 is 17.8 Å². The highest BCUT2D eigenvalue weighted by Gasteiger charge is 2.31. The van der Waals surface area contributed by atoms with Crippen LogP contribution in [0.5, 0.6) is 0 Å². The Labute approximate surface area is 210 Å². The summed E-state index contributed by atoms with van der Waals surface area (Å²) in [7, 11) is 0. The van der Waals surface area contributed by atoms with Gasteiger partial charge in [0.15, 0.2) is 5.78 Å². The number of carbonyl (C=O) groups is 3. The molecule has 198 valence electrons. The molecule has 1 aromatic carbocycles. The molecule has 0 bridgehead atoms. The molecule has 0 aliphatic heterocycles. The summed E-state index contributed by atoms with van der Waals surface area (Å²) in [6, 6.07) is 4.33. The van der Waals surface area contributed by atoms with E-state index in [0.29, 0.717) is 37.9 Å². The molecule has 0 radical (unpaired) electrons. The average Bonchev–Trinajstić information content (AvgIpc) is 2.73. The van der Waals surface area contributed by atoms with Gasteiger partial charge in [0.1, 0.15) is 11.2 Å². The smallest absolute Gasteiger partial charge is 0.408 e. The number of esters is 1. The number of benzene rings is 1. The standard InChI is InChI=1S/C27H45N3O5/c1-8-9-17-29-18-19-13-12-14-20(22(19)24(32)34-26(2,3)4)23(31)21(15-10-11-16-28)30-25(33)35-27(5,6)7/h12-14,21,29H,8-11,15-18,28H2,1-7H3,(H,30,33)/t21-/m0/s1. The first kappa shape index (κ1) is 30.6. The summed E-state index contributed by atoms with van der Waals surface area (Å²) in [5.74, 6) is -0.920. The molecule has 0 spiro atoms. The van der Waals surface area contributed by atoms with Gasteiger partial charge in [-0.05, 0) is 85.9 Å².